The number of furan rings is 1. The number of benzene rings is 2. The van der Waals surface area contributed by atoms with E-state index in [9.17, 15) is 20.0 Å². The van der Waals surface area contributed by atoms with Gasteiger partial charge in [-0.25, -0.2) is 5.43 Å². The first-order chi connectivity index (χ1) is 13.0. The van der Waals surface area contributed by atoms with Crippen molar-refractivity contribution in [2.75, 3.05) is 6.61 Å². The van der Waals surface area contributed by atoms with Gasteiger partial charge in [-0.1, -0.05) is 0 Å². The molecule has 2 N–H and O–H groups in total. The first kappa shape index (κ1) is 17.9. The van der Waals surface area contributed by atoms with Crippen LogP contribution in [0, 0.1) is 10.1 Å². The molecule has 0 fully saturated rings. The summed E-state index contributed by atoms with van der Waals surface area (Å²) in [6.07, 6.45) is 1.38. The maximum atomic E-state index is 12.1. The van der Waals surface area contributed by atoms with Gasteiger partial charge in [-0.05, 0) is 42.8 Å². The highest BCUT2D eigenvalue weighted by Crippen LogP contribution is 2.26. The van der Waals surface area contributed by atoms with Gasteiger partial charge >= 0.3 is 5.91 Å². The molecule has 0 saturated carbocycles. The number of carbonyl (C=O) groups excluding carboxylic acids is 1. The second-order valence-electron chi connectivity index (χ2n) is 5.45. The fourth-order valence-corrected chi connectivity index (χ4v) is 2.36. The Labute approximate surface area is 153 Å². The van der Waals surface area contributed by atoms with Crippen molar-refractivity contribution in [3.05, 3.63) is 63.9 Å². The molecule has 0 bridgehead atoms. The number of rotatable bonds is 6. The van der Waals surface area contributed by atoms with E-state index in [0.717, 1.165) is 0 Å². The Morgan fingerprint density at radius 2 is 2.15 bits per heavy atom. The molecular formula is C18H15N3O6. The summed E-state index contributed by atoms with van der Waals surface area (Å²) in [4.78, 5) is 22.4. The molecule has 0 spiro atoms. The Hall–Kier alpha value is -3.88. The van der Waals surface area contributed by atoms with E-state index >= 15 is 0 Å². The topological polar surface area (TPSA) is 127 Å². The largest absolute Gasteiger partial charge is 0.504 e. The minimum absolute atomic E-state index is 0.00871. The number of nitro benzene ring substituents is 1. The van der Waals surface area contributed by atoms with Crippen LogP contribution in [0.2, 0.25) is 0 Å². The van der Waals surface area contributed by atoms with Crippen LogP contribution in [-0.2, 0) is 0 Å². The molecule has 1 aromatic heterocycles. The Morgan fingerprint density at radius 3 is 2.89 bits per heavy atom. The van der Waals surface area contributed by atoms with Gasteiger partial charge in [0.05, 0.1) is 17.7 Å². The first-order valence-electron chi connectivity index (χ1n) is 7.95. The van der Waals surface area contributed by atoms with Crippen LogP contribution in [0.15, 0.2) is 52.0 Å². The Balaban J connectivity index is 1.72. The van der Waals surface area contributed by atoms with Crippen LogP contribution in [0.25, 0.3) is 11.0 Å². The number of hydrogen-bond acceptors (Lipinski definition) is 7. The van der Waals surface area contributed by atoms with Gasteiger partial charge in [-0.3, -0.25) is 14.9 Å². The smallest absolute Gasteiger partial charge is 0.307 e. The van der Waals surface area contributed by atoms with Gasteiger partial charge in [-0.15, -0.1) is 0 Å². The number of amides is 1. The fourth-order valence-electron chi connectivity index (χ4n) is 2.36. The molecule has 138 valence electrons. The lowest BCUT2D eigenvalue weighted by molar-refractivity contribution is -0.384. The standard InChI is InChI=1S/C18H15N3O6/c1-2-26-16-7-11(3-5-14(16)22)10-19-20-18(23)17-9-12-8-13(21(24)25)4-6-15(12)27-17/h3-10,22H,2H2,1H3,(H,20,23)/b19-10-. The van der Waals surface area contributed by atoms with E-state index in [-0.39, 0.29) is 17.2 Å². The van der Waals surface area contributed by atoms with E-state index in [4.69, 9.17) is 9.15 Å². The number of non-ortho nitro benzene ring substituents is 1. The zero-order chi connectivity index (χ0) is 19.4. The third-order valence-electron chi connectivity index (χ3n) is 3.60. The van der Waals surface area contributed by atoms with Gasteiger partial charge in [0.15, 0.2) is 17.3 Å². The maximum Gasteiger partial charge on any atom is 0.307 e. The van der Waals surface area contributed by atoms with E-state index in [1.165, 1.54) is 36.5 Å². The molecule has 9 heteroatoms. The van der Waals surface area contributed by atoms with Crippen molar-refractivity contribution in [3.63, 3.8) is 0 Å². The lowest BCUT2D eigenvalue weighted by Crippen LogP contribution is -2.16. The molecule has 0 atom stereocenters. The van der Waals surface area contributed by atoms with Gasteiger partial charge < -0.3 is 14.3 Å². The second kappa shape index (κ2) is 7.56. The quantitative estimate of drug-likeness (QED) is 0.390. The average molecular weight is 369 g/mol. The number of nitrogens with zero attached hydrogens (tertiary/aromatic N) is 2. The third-order valence-corrected chi connectivity index (χ3v) is 3.60. The molecule has 9 nitrogen and oxygen atoms in total. The number of phenolic OH excluding ortho intramolecular Hbond substituents is 1. The summed E-state index contributed by atoms with van der Waals surface area (Å²) in [5.74, 6) is -0.307. The predicted molar refractivity (Wildman–Crippen MR) is 97.2 cm³/mol. The predicted octanol–water partition coefficient (Wildman–Crippen LogP) is 3.21. The molecule has 1 heterocycles. The number of carbonyl (C=O) groups is 1. The number of ether oxygens (including phenoxy) is 1. The van der Waals surface area contributed by atoms with Crippen molar-refractivity contribution < 1.29 is 24.0 Å². The summed E-state index contributed by atoms with van der Waals surface area (Å²) in [5, 5.41) is 24.7. The van der Waals surface area contributed by atoms with Gasteiger partial charge in [0, 0.05) is 17.5 Å². The van der Waals surface area contributed by atoms with Crippen molar-refractivity contribution in [3.8, 4) is 11.5 Å². The molecule has 3 aromatic rings. The summed E-state index contributed by atoms with van der Waals surface area (Å²) < 4.78 is 10.6. The van der Waals surface area contributed by atoms with Gasteiger partial charge in [0.1, 0.15) is 5.58 Å². The van der Waals surface area contributed by atoms with Crippen LogP contribution >= 0.6 is 0 Å². The molecule has 0 saturated heterocycles. The average Bonchev–Trinajstić information content (AvgIpc) is 3.07. The molecule has 3 rings (SSSR count). The van der Waals surface area contributed by atoms with Crippen molar-refractivity contribution in [2.45, 2.75) is 6.92 Å². The normalized spacial score (nSPS) is 11.0. The molecule has 27 heavy (non-hydrogen) atoms. The summed E-state index contributed by atoms with van der Waals surface area (Å²) >= 11 is 0. The molecule has 0 aliphatic rings. The monoisotopic (exact) mass is 369 g/mol. The lowest BCUT2D eigenvalue weighted by Gasteiger charge is -2.05. The molecule has 1 amide bonds. The molecule has 0 radical (unpaired) electrons. The highest BCUT2D eigenvalue weighted by Gasteiger charge is 2.14. The maximum absolute atomic E-state index is 12.1. The van der Waals surface area contributed by atoms with Crippen molar-refractivity contribution in [1.29, 1.82) is 0 Å². The van der Waals surface area contributed by atoms with Crippen molar-refractivity contribution >= 4 is 28.8 Å². The minimum Gasteiger partial charge on any atom is -0.504 e. The van der Waals surface area contributed by atoms with E-state index in [1.807, 2.05) is 0 Å². The number of phenols is 1. The number of nitrogens with one attached hydrogen (secondary N) is 1. The summed E-state index contributed by atoms with van der Waals surface area (Å²) in [5.41, 5.74) is 3.18. The third kappa shape index (κ3) is 4.03. The van der Waals surface area contributed by atoms with E-state index in [1.54, 1.807) is 19.1 Å². The number of nitro groups is 1. The Bertz CT molecular complexity index is 1040. The van der Waals surface area contributed by atoms with E-state index in [0.29, 0.717) is 28.9 Å². The molecule has 2 aromatic carbocycles. The van der Waals surface area contributed by atoms with E-state index < -0.39 is 10.8 Å². The van der Waals surface area contributed by atoms with Crippen LogP contribution in [0.4, 0.5) is 5.69 Å². The Morgan fingerprint density at radius 1 is 1.33 bits per heavy atom. The van der Waals surface area contributed by atoms with Gasteiger partial charge in [0.25, 0.3) is 5.69 Å². The summed E-state index contributed by atoms with van der Waals surface area (Å²) in [6.45, 7) is 2.19. The van der Waals surface area contributed by atoms with E-state index in [2.05, 4.69) is 10.5 Å². The Kier molecular flexibility index (Phi) is 5.02. The summed E-state index contributed by atoms with van der Waals surface area (Å²) in [7, 11) is 0. The van der Waals surface area contributed by atoms with Crippen LogP contribution in [-0.4, -0.2) is 28.8 Å². The number of hydrazone groups is 1. The van der Waals surface area contributed by atoms with Crippen LogP contribution in [0.5, 0.6) is 11.5 Å². The molecular weight excluding hydrogens is 354 g/mol. The fraction of sp³-hybridized carbons (Fsp3) is 0.111. The summed E-state index contributed by atoms with van der Waals surface area (Å²) in [6, 6.07) is 10.1. The van der Waals surface area contributed by atoms with Crippen molar-refractivity contribution in [1.82, 2.24) is 5.43 Å². The first-order valence-corrected chi connectivity index (χ1v) is 7.95. The van der Waals surface area contributed by atoms with Crippen LogP contribution in [0.1, 0.15) is 23.0 Å². The number of fused-ring (bicyclic) bond motifs is 1. The van der Waals surface area contributed by atoms with Gasteiger partial charge in [-0.2, -0.15) is 5.10 Å². The minimum atomic E-state index is -0.603. The SMILES string of the molecule is CCOc1cc(/C=N\NC(=O)c2cc3cc([N+](=O)[O-])ccc3o2)ccc1O. The molecule has 0 aliphatic carbocycles. The lowest BCUT2D eigenvalue weighted by atomic mass is 10.2. The van der Waals surface area contributed by atoms with Crippen molar-refractivity contribution in [2.24, 2.45) is 5.10 Å². The zero-order valence-corrected chi connectivity index (χ0v) is 14.2. The molecule has 0 aliphatic heterocycles. The number of hydrogen-bond donors (Lipinski definition) is 2. The zero-order valence-electron chi connectivity index (χ0n) is 14.2. The highest BCUT2D eigenvalue weighted by atomic mass is 16.6. The molecule has 0 unspecified atom stereocenters. The second-order valence-corrected chi connectivity index (χ2v) is 5.45. The van der Waals surface area contributed by atoms with Crippen LogP contribution in [0.3, 0.4) is 0 Å². The van der Waals surface area contributed by atoms with Crippen LogP contribution < -0.4 is 10.2 Å². The number of aromatic hydroxyl groups is 1. The highest BCUT2D eigenvalue weighted by molar-refractivity contribution is 5.97. The van der Waals surface area contributed by atoms with Gasteiger partial charge in [0.2, 0.25) is 0 Å².